The normalized spacial score (nSPS) is 11.7. The van der Waals surface area contributed by atoms with Crippen molar-refractivity contribution in [3.8, 4) is 0 Å². The van der Waals surface area contributed by atoms with Crippen LogP contribution in [0.2, 0.25) is 5.02 Å². The molecule has 21 heavy (non-hydrogen) atoms. The van der Waals surface area contributed by atoms with Gasteiger partial charge in [-0.25, -0.2) is 0 Å². The van der Waals surface area contributed by atoms with E-state index in [1.54, 1.807) is 31.2 Å². The number of carbonyl (C=O) groups is 2. The smallest absolute Gasteiger partial charge is 0.261 e. The lowest BCUT2D eigenvalue weighted by Gasteiger charge is -2.13. The zero-order chi connectivity index (χ0) is 15.2. The standard InChI is InChI=1S/C15H15ClN2O2S/c1-10(18-15(20)13-6-3-7-21-13)14(19)17-9-11-4-2-5-12(16)8-11/h2-8,10H,9H2,1H3,(H,17,19)(H,18,20). The zero-order valence-electron chi connectivity index (χ0n) is 11.4. The Kier molecular flexibility index (Phi) is 5.36. The lowest BCUT2D eigenvalue weighted by atomic mass is 10.2. The Labute approximate surface area is 132 Å². The minimum absolute atomic E-state index is 0.236. The van der Waals surface area contributed by atoms with Crippen molar-refractivity contribution in [3.63, 3.8) is 0 Å². The van der Waals surface area contributed by atoms with Crippen LogP contribution in [-0.4, -0.2) is 17.9 Å². The molecular weight excluding hydrogens is 308 g/mol. The fourth-order valence-electron chi connectivity index (χ4n) is 1.73. The zero-order valence-corrected chi connectivity index (χ0v) is 13.0. The molecule has 1 heterocycles. The summed E-state index contributed by atoms with van der Waals surface area (Å²) < 4.78 is 0. The van der Waals surface area contributed by atoms with Gasteiger partial charge in [0.05, 0.1) is 4.88 Å². The molecule has 2 rings (SSSR count). The van der Waals surface area contributed by atoms with Crippen LogP contribution in [0.1, 0.15) is 22.2 Å². The Morgan fingerprint density at radius 3 is 2.76 bits per heavy atom. The first-order chi connectivity index (χ1) is 10.1. The van der Waals surface area contributed by atoms with Crippen molar-refractivity contribution in [3.05, 3.63) is 57.2 Å². The van der Waals surface area contributed by atoms with Gasteiger partial charge in [0.25, 0.3) is 5.91 Å². The van der Waals surface area contributed by atoms with E-state index in [0.29, 0.717) is 16.4 Å². The first-order valence-corrected chi connectivity index (χ1v) is 7.68. The highest BCUT2D eigenvalue weighted by Crippen LogP contribution is 2.10. The fourth-order valence-corrected chi connectivity index (χ4v) is 2.57. The predicted octanol–water partition coefficient (Wildman–Crippen LogP) is 2.84. The molecule has 0 radical (unpaired) electrons. The van der Waals surface area contributed by atoms with Gasteiger partial charge in [-0.15, -0.1) is 11.3 Å². The highest BCUT2D eigenvalue weighted by atomic mass is 35.5. The highest BCUT2D eigenvalue weighted by molar-refractivity contribution is 7.12. The Morgan fingerprint density at radius 2 is 2.10 bits per heavy atom. The summed E-state index contributed by atoms with van der Waals surface area (Å²) in [6.07, 6.45) is 0. The van der Waals surface area contributed by atoms with Crippen LogP contribution in [0, 0.1) is 0 Å². The molecule has 6 heteroatoms. The van der Waals surface area contributed by atoms with Crippen molar-refractivity contribution >= 4 is 34.8 Å². The molecular formula is C15H15ClN2O2S. The molecule has 1 atom stereocenters. The summed E-state index contributed by atoms with van der Waals surface area (Å²) in [4.78, 5) is 24.4. The second-order valence-corrected chi connectivity index (χ2v) is 5.90. The van der Waals surface area contributed by atoms with Gasteiger partial charge in [0.1, 0.15) is 6.04 Å². The van der Waals surface area contributed by atoms with Crippen molar-refractivity contribution in [1.29, 1.82) is 0 Å². The average Bonchev–Trinajstić information content (AvgIpc) is 2.99. The average molecular weight is 323 g/mol. The number of benzene rings is 1. The van der Waals surface area contributed by atoms with Crippen molar-refractivity contribution in [2.75, 3.05) is 0 Å². The van der Waals surface area contributed by atoms with Crippen LogP contribution in [0.25, 0.3) is 0 Å². The maximum atomic E-state index is 12.0. The number of nitrogens with one attached hydrogen (secondary N) is 2. The van der Waals surface area contributed by atoms with Gasteiger partial charge < -0.3 is 10.6 Å². The number of hydrogen-bond acceptors (Lipinski definition) is 3. The SMILES string of the molecule is CC(NC(=O)c1cccs1)C(=O)NCc1cccc(Cl)c1. The van der Waals surface area contributed by atoms with E-state index in [1.165, 1.54) is 11.3 Å². The van der Waals surface area contributed by atoms with Crippen LogP contribution in [0.3, 0.4) is 0 Å². The van der Waals surface area contributed by atoms with E-state index in [4.69, 9.17) is 11.6 Å². The van der Waals surface area contributed by atoms with E-state index in [2.05, 4.69) is 10.6 Å². The predicted molar refractivity (Wildman–Crippen MR) is 84.5 cm³/mol. The Balaban J connectivity index is 1.84. The van der Waals surface area contributed by atoms with Gasteiger partial charge in [-0.05, 0) is 36.1 Å². The number of amides is 2. The van der Waals surface area contributed by atoms with E-state index >= 15 is 0 Å². The number of carbonyl (C=O) groups excluding carboxylic acids is 2. The number of halogens is 1. The van der Waals surface area contributed by atoms with Gasteiger partial charge in [-0.1, -0.05) is 29.8 Å². The van der Waals surface area contributed by atoms with Crippen LogP contribution >= 0.6 is 22.9 Å². The van der Waals surface area contributed by atoms with E-state index in [0.717, 1.165) is 5.56 Å². The molecule has 0 aliphatic carbocycles. The van der Waals surface area contributed by atoms with Gasteiger partial charge >= 0.3 is 0 Å². The van der Waals surface area contributed by atoms with Crippen LogP contribution < -0.4 is 10.6 Å². The molecule has 1 aromatic heterocycles. The molecule has 0 saturated heterocycles. The van der Waals surface area contributed by atoms with Gasteiger partial charge in [0.2, 0.25) is 5.91 Å². The van der Waals surface area contributed by atoms with Gasteiger partial charge in [-0.3, -0.25) is 9.59 Å². The minimum atomic E-state index is -0.598. The summed E-state index contributed by atoms with van der Waals surface area (Å²) in [5.41, 5.74) is 0.910. The Bertz CT molecular complexity index is 628. The molecule has 0 spiro atoms. The van der Waals surface area contributed by atoms with Crippen molar-refractivity contribution in [2.24, 2.45) is 0 Å². The molecule has 0 bridgehead atoms. The molecule has 4 nitrogen and oxygen atoms in total. The third kappa shape index (κ3) is 4.58. The molecule has 0 saturated carbocycles. The maximum absolute atomic E-state index is 12.0. The Morgan fingerprint density at radius 1 is 1.29 bits per heavy atom. The van der Waals surface area contributed by atoms with Crippen molar-refractivity contribution in [1.82, 2.24) is 10.6 Å². The summed E-state index contributed by atoms with van der Waals surface area (Å²) >= 11 is 7.22. The van der Waals surface area contributed by atoms with Crippen molar-refractivity contribution in [2.45, 2.75) is 19.5 Å². The third-order valence-electron chi connectivity index (χ3n) is 2.84. The monoisotopic (exact) mass is 322 g/mol. The van der Waals surface area contributed by atoms with Crippen LogP contribution in [0.15, 0.2) is 41.8 Å². The van der Waals surface area contributed by atoms with Crippen molar-refractivity contribution < 1.29 is 9.59 Å². The maximum Gasteiger partial charge on any atom is 0.261 e. The van der Waals surface area contributed by atoms with Crippen LogP contribution in [0.5, 0.6) is 0 Å². The molecule has 2 aromatic rings. The lowest BCUT2D eigenvalue weighted by molar-refractivity contribution is -0.122. The molecule has 0 aliphatic heterocycles. The molecule has 2 N–H and O–H groups in total. The van der Waals surface area contributed by atoms with Gasteiger partial charge in [-0.2, -0.15) is 0 Å². The highest BCUT2D eigenvalue weighted by Gasteiger charge is 2.16. The lowest BCUT2D eigenvalue weighted by Crippen LogP contribution is -2.44. The quantitative estimate of drug-likeness (QED) is 0.889. The summed E-state index contributed by atoms with van der Waals surface area (Å²) in [5, 5.41) is 7.87. The topological polar surface area (TPSA) is 58.2 Å². The largest absolute Gasteiger partial charge is 0.350 e. The van der Waals surface area contributed by atoms with E-state index in [1.807, 2.05) is 17.5 Å². The Hall–Kier alpha value is -1.85. The number of hydrogen-bond donors (Lipinski definition) is 2. The molecule has 0 aliphatic rings. The molecule has 1 aromatic carbocycles. The second kappa shape index (κ2) is 7.24. The van der Waals surface area contributed by atoms with E-state index in [9.17, 15) is 9.59 Å². The fraction of sp³-hybridized carbons (Fsp3) is 0.200. The summed E-state index contributed by atoms with van der Waals surface area (Å²) in [6, 6.07) is 10.2. The van der Waals surface area contributed by atoms with E-state index < -0.39 is 6.04 Å². The number of thiophene rings is 1. The molecule has 0 fully saturated rings. The van der Waals surface area contributed by atoms with Crippen LogP contribution in [0.4, 0.5) is 0 Å². The van der Waals surface area contributed by atoms with Gasteiger partial charge in [0.15, 0.2) is 0 Å². The second-order valence-electron chi connectivity index (χ2n) is 4.52. The summed E-state index contributed by atoms with van der Waals surface area (Å²) in [7, 11) is 0. The molecule has 1 unspecified atom stereocenters. The first-order valence-electron chi connectivity index (χ1n) is 6.43. The molecule has 110 valence electrons. The van der Waals surface area contributed by atoms with E-state index in [-0.39, 0.29) is 11.8 Å². The van der Waals surface area contributed by atoms with Crippen LogP contribution in [-0.2, 0) is 11.3 Å². The first kappa shape index (κ1) is 15.5. The minimum Gasteiger partial charge on any atom is -0.350 e. The summed E-state index contributed by atoms with van der Waals surface area (Å²) in [5.74, 6) is -0.477. The van der Waals surface area contributed by atoms with Gasteiger partial charge in [0, 0.05) is 11.6 Å². The molecule has 2 amide bonds. The summed E-state index contributed by atoms with van der Waals surface area (Å²) in [6.45, 7) is 2.03. The third-order valence-corrected chi connectivity index (χ3v) is 3.95. The number of rotatable bonds is 5.